The Morgan fingerprint density at radius 1 is 1.06 bits per heavy atom. The molecule has 1 aromatic heterocycles. The maximum atomic E-state index is 13.7. The molecule has 3 aromatic rings. The molecule has 2 aromatic carbocycles. The summed E-state index contributed by atoms with van der Waals surface area (Å²) in [6.45, 7) is 0.306. The van der Waals surface area contributed by atoms with Crippen LogP contribution in [0.25, 0.3) is 0 Å². The number of halogens is 1. The number of nitrogens with zero attached hydrogens (tertiary/aromatic N) is 3. The van der Waals surface area contributed by atoms with Crippen molar-refractivity contribution in [2.75, 3.05) is 6.54 Å². The Hall–Kier alpha value is -3.13. The molecule has 4 rings (SSSR count). The fourth-order valence-electron chi connectivity index (χ4n) is 4.29. The fraction of sp³-hybridized carbons (Fsp3) is 0.360. The Kier molecular flexibility index (Phi) is 7.78. The van der Waals surface area contributed by atoms with E-state index in [2.05, 4.69) is 14.1 Å². The van der Waals surface area contributed by atoms with Gasteiger partial charge in [0.05, 0.1) is 17.9 Å². The van der Waals surface area contributed by atoms with Gasteiger partial charge in [-0.3, -0.25) is 9.59 Å². The zero-order valence-electron chi connectivity index (χ0n) is 18.3. The molecule has 1 heterocycles. The van der Waals surface area contributed by atoms with Crippen LogP contribution >= 0.6 is 11.7 Å². The predicted molar refractivity (Wildman–Crippen MR) is 125 cm³/mol. The number of carbonyl (C=O) groups is 2. The second-order valence-electron chi connectivity index (χ2n) is 8.32. The monoisotopic (exact) mass is 466 g/mol. The molecule has 0 saturated heterocycles. The lowest BCUT2D eigenvalue weighted by Gasteiger charge is -2.33. The number of carbonyl (C=O) groups excluding carboxylic acids is 2. The van der Waals surface area contributed by atoms with Gasteiger partial charge in [-0.25, -0.2) is 4.39 Å². The van der Waals surface area contributed by atoms with Crippen molar-refractivity contribution in [2.45, 2.75) is 50.6 Å². The highest BCUT2D eigenvalue weighted by Gasteiger charge is 2.34. The highest BCUT2D eigenvalue weighted by atomic mass is 32.1. The Morgan fingerprint density at radius 3 is 2.45 bits per heavy atom. The van der Waals surface area contributed by atoms with Gasteiger partial charge in [-0.15, -0.1) is 0 Å². The normalized spacial score (nSPS) is 15.1. The van der Waals surface area contributed by atoms with E-state index in [9.17, 15) is 14.0 Å². The number of nitrogens with one attached hydrogen (secondary N) is 1. The van der Waals surface area contributed by atoms with Crippen molar-refractivity contribution in [1.29, 1.82) is 0 Å². The highest BCUT2D eigenvalue weighted by molar-refractivity contribution is 6.99. The molecular formula is C25H27FN4O2S. The molecule has 0 bridgehead atoms. The van der Waals surface area contributed by atoms with Gasteiger partial charge in [0.1, 0.15) is 11.9 Å². The lowest BCUT2D eigenvalue weighted by molar-refractivity contribution is -0.126. The van der Waals surface area contributed by atoms with Gasteiger partial charge in [-0.2, -0.15) is 8.75 Å². The first-order valence-corrected chi connectivity index (χ1v) is 12.0. The summed E-state index contributed by atoms with van der Waals surface area (Å²) in [5.74, 6) is -1.01. The third-order valence-electron chi connectivity index (χ3n) is 6.02. The Morgan fingerprint density at radius 2 is 1.79 bits per heavy atom. The number of aromatic nitrogens is 2. The Bertz CT molecular complexity index is 1040. The minimum atomic E-state index is -0.898. The number of benzene rings is 2. The molecule has 1 atom stereocenters. The number of hydrogen-bond acceptors (Lipinski definition) is 5. The van der Waals surface area contributed by atoms with E-state index in [1.807, 2.05) is 30.3 Å². The van der Waals surface area contributed by atoms with Gasteiger partial charge in [0.25, 0.3) is 5.91 Å². The molecule has 33 heavy (non-hydrogen) atoms. The molecule has 0 unspecified atom stereocenters. The second kappa shape index (κ2) is 11.1. The van der Waals surface area contributed by atoms with Crippen LogP contribution in [0.2, 0.25) is 0 Å². The van der Waals surface area contributed by atoms with Crippen molar-refractivity contribution in [3.8, 4) is 0 Å². The van der Waals surface area contributed by atoms with E-state index in [0.717, 1.165) is 43.0 Å². The van der Waals surface area contributed by atoms with Crippen molar-refractivity contribution in [3.05, 3.63) is 83.4 Å². The van der Waals surface area contributed by atoms with Crippen LogP contribution in [-0.2, 0) is 11.2 Å². The van der Waals surface area contributed by atoms with Gasteiger partial charge in [-0.1, -0.05) is 61.7 Å². The molecule has 1 aliphatic rings. The van der Waals surface area contributed by atoms with E-state index >= 15 is 0 Å². The first-order valence-electron chi connectivity index (χ1n) is 11.3. The van der Waals surface area contributed by atoms with Crippen molar-refractivity contribution >= 4 is 23.5 Å². The van der Waals surface area contributed by atoms with Crippen molar-refractivity contribution in [3.63, 3.8) is 0 Å². The van der Waals surface area contributed by atoms with Gasteiger partial charge in [0.2, 0.25) is 5.91 Å². The zero-order valence-corrected chi connectivity index (χ0v) is 19.1. The van der Waals surface area contributed by atoms with Crippen molar-refractivity contribution in [1.82, 2.24) is 19.0 Å². The van der Waals surface area contributed by atoms with Gasteiger partial charge in [0, 0.05) is 12.6 Å². The van der Waals surface area contributed by atoms with Crippen LogP contribution in [0, 0.1) is 5.82 Å². The molecule has 172 valence electrons. The summed E-state index contributed by atoms with van der Waals surface area (Å²) >= 11 is 0.949. The minimum absolute atomic E-state index is 0.0845. The molecule has 8 heteroatoms. The van der Waals surface area contributed by atoms with Crippen LogP contribution in [0.1, 0.15) is 59.8 Å². The first kappa shape index (κ1) is 23.0. The van der Waals surface area contributed by atoms with Gasteiger partial charge >= 0.3 is 0 Å². The van der Waals surface area contributed by atoms with Crippen LogP contribution in [0.3, 0.4) is 0 Å². The van der Waals surface area contributed by atoms with Crippen molar-refractivity contribution in [2.24, 2.45) is 0 Å². The summed E-state index contributed by atoms with van der Waals surface area (Å²) in [5, 5.41) is 3.15. The van der Waals surface area contributed by atoms with E-state index in [1.54, 1.807) is 12.1 Å². The third kappa shape index (κ3) is 6.01. The number of rotatable bonds is 8. The minimum Gasteiger partial charge on any atom is -0.351 e. The van der Waals surface area contributed by atoms with Crippen LogP contribution in [0.15, 0.2) is 60.8 Å². The number of hydrogen-bond donors (Lipinski definition) is 1. The summed E-state index contributed by atoms with van der Waals surface area (Å²) in [4.78, 5) is 28.6. The summed E-state index contributed by atoms with van der Waals surface area (Å²) in [6.07, 6.45) is 7.17. The van der Waals surface area contributed by atoms with E-state index < -0.39 is 11.9 Å². The van der Waals surface area contributed by atoms with Gasteiger partial charge < -0.3 is 10.2 Å². The van der Waals surface area contributed by atoms with Crippen LogP contribution in [0.4, 0.5) is 4.39 Å². The van der Waals surface area contributed by atoms with E-state index in [-0.39, 0.29) is 23.6 Å². The Labute approximate surface area is 197 Å². The van der Waals surface area contributed by atoms with Crippen molar-refractivity contribution < 1.29 is 14.0 Å². The van der Waals surface area contributed by atoms with Crippen LogP contribution in [-0.4, -0.2) is 38.0 Å². The topological polar surface area (TPSA) is 75.2 Å². The second-order valence-corrected chi connectivity index (χ2v) is 8.88. The summed E-state index contributed by atoms with van der Waals surface area (Å²) in [6, 6.07) is 14.8. The molecule has 0 radical (unpaired) electrons. The zero-order chi connectivity index (χ0) is 23.0. The standard InChI is InChI=1S/C25H27FN4O2S/c26-20-13-11-19(12-14-20)23(24(31)28-21-9-5-2-6-10-21)30(25(32)22-17-27-33-29-22)16-15-18-7-3-1-4-8-18/h1,3-4,7-8,11-14,17,21,23H,2,5-6,9-10,15-16H2,(H,28,31)/t23-/m1/s1. The smallest absolute Gasteiger partial charge is 0.276 e. The highest BCUT2D eigenvalue weighted by Crippen LogP contribution is 2.26. The van der Waals surface area contributed by atoms with Crippen LogP contribution in [0.5, 0.6) is 0 Å². The van der Waals surface area contributed by atoms with E-state index in [1.165, 1.54) is 29.7 Å². The maximum Gasteiger partial charge on any atom is 0.276 e. The van der Waals surface area contributed by atoms with E-state index in [4.69, 9.17) is 0 Å². The van der Waals surface area contributed by atoms with E-state index in [0.29, 0.717) is 18.5 Å². The predicted octanol–water partition coefficient (Wildman–Crippen LogP) is 4.55. The molecule has 1 N–H and O–H groups in total. The third-order valence-corrected chi connectivity index (χ3v) is 6.50. The largest absolute Gasteiger partial charge is 0.351 e. The van der Waals surface area contributed by atoms with Crippen LogP contribution < -0.4 is 5.32 Å². The molecule has 0 spiro atoms. The van der Waals surface area contributed by atoms with Gasteiger partial charge in [0.15, 0.2) is 5.69 Å². The van der Waals surface area contributed by atoms with Gasteiger partial charge in [-0.05, 0) is 42.5 Å². The summed E-state index contributed by atoms with van der Waals surface area (Å²) in [5.41, 5.74) is 1.82. The maximum absolute atomic E-state index is 13.7. The molecule has 6 nitrogen and oxygen atoms in total. The SMILES string of the molecule is O=C(NC1CCCCC1)[C@@H](c1ccc(F)cc1)N(CCc1ccccc1)C(=O)c1cnsn1. The first-order chi connectivity index (χ1) is 16.1. The molecule has 2 amide bonds. The molecular weight excluding hydrogens is 439 g/mol. The lowest BCUT2D eigenvalue weighted by Crippen LogP contribution is -2.47. The molecule has 0 aliphatic heterocycles. The fourth-order valence-corrected chi connectivity index (χ4v) is 4.70. The quantitative estimate of drug-likeness (QED) is 0.528. The summed E-state index contributed by atoms with van der Waals surface area (Å²) < 4.78 is 21.7. The molecule has 1 saturated carbocycles. The Balaban J connectivity index is 1.66. The average Bonchev–Trinajstić information content (AvgIpc) is 3.38. The lowest BCUT2D eigenvalue weighted by atomic mass is 9.94. The molecule has 1 aliphatic carbocycles. The average molecular weight is 467 g/mol. The summed E-state index contributed by atoms with van der Waals surface area (Å²) in [7, 11) is 0. The molecule has 1 fully saturated rings. The number of amides is 2.